The first-order valence-corrected chi connectivity index (χ1v) is 10.7. The molecule has 1 aromatic heterocycles. The lowest BCUT2D eigenvalue weighted by Gasteiger charge is -2.34. The van der Waals surface area contributed by atoms with E-state index in [0.717, 1.165) is 22.7 Å². The molecule has 2 aromatic rings. The van der Waals surface area contributed by atoms with Crippen LogP contribution in [0.15, 0.2) is 35.3 Å². The Morgan fingerprint density at radius 2 is 1.84 bits per heavy atom. The van der Waals surface area contributed by atoms with Crippen LogP contribution in [0.25, 0.3) is 0 Å². The minimum absolute atomic E-state index is 0.181. The number of benzene rings is 1. The van der Waals surface area contributed by atoms with Crippen molar-refractivity contribution in [3.63, 3.8) is 0 Å². The summed E-state index contributed by atoms with van der Waals surface area (Å²) in [7, 11) is 3.27. The Kier molecular flexibility index (Phi) is 5.58. The fourth-order valence-corrected chi connectivity index (χ4v) is 4.15. The van der Waals surface area contributed by atoms with Crippen LogP contribution in [0.1, 0.15) is 30.8 Å². The Bertz CT molecular complexity index is 1130. The molecule has 0 saturated carbocycles. The molecule has 1 saturated heterocycles. The Hall–Kier alpha value is -3.49. The lowest BCUT2D eigenvalue weighted by molar-refractivity contribution is -0.543. The van der Waals surface area contributed by atoms with Crippen molar-refractivity contribution in [2.75, 3.05) is 20.7 Å². The van der Waals surface area contributed by atoms with Gasteiger partial charge in [-0.05, 0) is 43.5 Å². The van der Waals surface area contributed by atoms with Crippen molar-refractivity contribution in [3.05, 3.63) is 47.3 Å². The largest absolute Gasteiger partial charge is 0.497 e. The standard InChI is InChI=1S/C23H29N6O3/c1-14(2)12-27-19-20(24-22(27)29-16(4)11-15(3)25-29)26(5)23(31)28(21(19)30)13-17-7-9-18(32-6)10-8-17/h7-11,14,19H,12-13H2,1-6H3/q+1. The zero-order valence-electron chi connectivity index (χ0n) is 19.4. The molecule has 0 spiro atoms. The van der Waals surface area contributed by atoms with Crippen LogP contribution in [-0.2, 0) is 11.3 Å². The van der Waals surface area contributed by atoms with Crippen LogP contribution in [-0.4, -0.2) is 74.6 Å². The van der Waals surface area contributed by atoms with Crippen molar-refractivity contribution in [1.82, 2.24) is 19.6 Å². The number of nitrogens with zero attached hydrogens (tertiary/aromatic N) is 6. The molecule has 4 rings (SSSR count). The van der Waals surface area contributed by atoms with Gasteiger partial charge < -0.3 is 4.74 Å². The highest BCUT2D eigenvalue weighted by atomic mass is 16.5. The minimum atomic E-state index is -0.669. The molecule has 9 heteroatoms. The van der Waals surface area contributed by atoms with Gasteiger partial charge in [0.05, 0.1) is 25.9 Å². The van der Waals surface area contributed by atoms with Gasteiger partial charge >= 0.3 is 12.0 Å². The van der Waals surface area contributed by atoms with E-state index in [4.69, 9.17) is 9.73 Å². The summed E-state index contributed by atoms with van der Waals surface area (Å²) < 4.78 is 8.92. The van der Waals surface area contributed by atoms with E-state index in [-0.39, 0.29) is 24.4 Å². The topological polar surface area (TPSA) is 83.0 Å². The monoisotopic (exact) mass is 437 g/mol. The molecule has 3 heterocycles. The molecule has 2 aliphatic heterocycles. The average molecular weight is 438 g/mol. The molecular weight excluding hydrogens is 408 g/mol. The average Bonchev–Trinajstić information content (AvgIpc) is 3.28. The number of methoxy groups -OCH3 is 1. The third-order valence-corrected chi connectivity index (χ3v) is 5.65. The van der Waals surface area contributed by atoms with Gasteiger partial charge in [-0.15, -0.1) is 9.78 Å². The lowest BCUT2D eigenvalue weighted by Crippen LogP contribution is -2.62. The van der Waals surface area contributed by atoms with Crippen molar-refractivity contribution in [3.8, 4) is 5.75 Å². The van der Waals surface area contributed by atoms with E-state index in [1.807, 2.05) is 48.8 Å². The number of urea groups is 1. The molecule has 0 aliphatic carbocycles. The number of carbonyl (C=O) groups excluding carboxylic acids is 2. The third kappa shape index (κ3) is 3.68. The van der Waals surface area contributed by atoms with Crippen LogP contribution >= 0.6 is 0 Å². The number of amidine groups is 1. The number of aryl methyl sites for hydroxylation is 2. The highest BCUT2D eigenvalue weighted by Gasteiger charge is 2.53. The van der Waals surface area contributed by atoms with Gasteiger partial charge in [-0.25, -0.2) is 9.37 Å². The van der Waals surface area contributed by atoms with Crippen LogP contribution < -0.4 is 4.74 Å². The van der Waals surface area contributed by atoms with Crippen LogP contribution in [0.4, 0.5) is 4.79 Å². The number of aromatic nitrogens is 2. The van der Waals surface area contributed by atoms with E-state index < -0.39 is 6.04 Å². The second-order valence-corrected chi connectivity index (χ2v) is 8.67. The smallest absolute Gasteiger partial charge is 0.421 e. The maximum atomic E-state index is 13.6. The molecule has 2 aliphatic rings. The third-order valence-electron chi connectivity index (χ3n) is 5.65. The molecular formula is C23H29N6O3+. The maximum Gasteiger partial charge on any atom is 0.421 e. The zero-order chi connectivity index (χ0) is 23.2. The zero-order valence-corrected chi connectivity index (χ0v) is 19.4. The predicted molar refractivity (Wildman–Crippen MR) is 120 cm³/mol. The molecule has 0 N–H and O–H groups in total. The first-order valence-electron chi connectivity index (χ1n) is 10.7. The van der Waals surface area contributed by atoms with E-state index in [0.29, 0.717) is 18.3 Å². The van der Waals surface area contributed by atoms with Crippen LogP contribution in [0.2, 0.25) is 0 Å². The number of carbonyl (C=O) groups is 2. The number of amides is 3. The SMILES string of the molecule is COc1ccc(CN2C(=O)C3C(=NC(n4nc(C)cc4C)=[N+]3CC(C)C)N(C)C2=O)cc1. The second-order valence-electron chi connectivity index (χ2n) is 8.67. The van der Waals surface area contributed by atoms with Gasteiger partial charge in [0.1, 0.15) is 11.4 Å². The van der Waals surface area contributed by atoms with Gasteiger partial charge in [0.25, 0.3) is 5.91 Å². The van der Waals surface area contributed by atoms with E-state index in [2.05, 4.69) is 18.9 Å². The van der Waals surface area contributed by atoms with E-state index in [1.165, 1.54) is 9.80 Å². The first kappa shape index (κ1) is 21.7. The first-order chi connectivity index (χ1) is 15.2. The highest BCUT2D eigenvalue weighted by Crippen LogP contribution is 2.24. The fraction of sp³-hybridized carbons (Fsp3) is 0.435. The Balaban J connectivity index is 1.74. The maximum absolute atomic E-state index is 13.6. The summed E-state index contributed by atoms with van der Waals surface area (Å²) in [5.74, 6) is 1.74. The molecule has 168 valence electrons. The Morgan fingerprint density at radius 1 is 1.16 bits per heavy atom. The van der Waals surface area contributed by atoms with E-state index >= 15 is 0 Å². The number of hydrogen-bond donors (Lipinski definition) is 0. The number of imide groups is 1. The predicted octanol–water partition coefficient (Wildman–Crippen LogP) is 2.26. The van der Waals surface area contributed by atoms with Gasteiger partial charge in [-0.2, -0.15) is 0 Å². The number of aliphatic imine (C=N–C) groups is 1. The van der Waals surface area contributed by atoms with Crippen LogP contribution in [0.3, 0.4) is 0 Å². The quantitative estimate of drug-likeness (QED) is 0.672. The van der Waals surface area contributed by atoms with Gasteiger partial charge in [-0.1, -0.05) is 31.0 Å². The fourth-order valence-electron chi connectivity index (χ4n) is 4.15. The molecule has 9 nitrogen and oxygen atoms in total. The highest BCUT2D eigenvalue weighted by molar-refractivity contribution is 6.22. The van der Waals surface area contributed by atoms with Crippen molar-refractivity contribution >= 4 is 23.7 Å². The van der Waals surface area contributed by atoms with Gasteiger partial charge in [0.15, 0.2) is 0 Å². The summed E-state index contributed by atoms with van der Waals surface area (Å²) >= 11 is 0. The lowest BCUT2D eigenvalue weighted by atomic mass is 10.1. The summed E-state index contributed by atoms with van der Waals surface area (Å²) in [6.45, 7) is 8.84. The number of hydrogen-bond acceptors (Lipinski definition) is 5. The van der Waals surface area contributed by atoms with Crippen molar-refractivity contribution in [2.45, 2.75) is 40.3 Å². The number of ether oxygens (including phenoxy) is 1. The Morgan fingerprint density at radius 3 is 2.41 bits per heavy atom. The van der Waals surface area contributed by atoms with Gasteiger partial charge in [0, 0.05) is 7.05 Å². The molecule has 1 unspecified atom stereocenters. The number of likely N-dealkylation sites (N-methyl/N-ethyl adjacent to an activating group) is 1. The molecule has 1 atom stereocenters. The van der Waals surface area contributed by atoms with Crippen LogP contribution in [0, 0.1) is 19.8 Å². The molecule has 1 fully saturated rings. The normalized spacial score (nSPS) is 18.6. The van der Waals surface area contributed by atoms with Crippen LogP contribution in [0.5, 0.6) is 5.75 Å². The summed E-state index contributed by atoms with van der Waals surface area (Å²) in [5.41, 5.74) is 2.63. The Labute approximate surface area is 187 Å². The van der Waals surface area contributed by atoms with Crippen molar-refractivity contribution in [2.24, 2.45) is 10.9 Å². The van der Waals surface area contributed by atoms with Crippen molar-refractivity contribution < 1.29 is 18.9 Å². The summed E-state index contributed by atoms with van der Waals surface area (Å²) in [4.78, 5) is 34.3. The molecule has 1 aromatic carbocycles. The van der Waals surface area contributed by atoms with Gasteiger partial charge in [-0.3, -0.25) is 14.6 Å². The summed E-state index contributed by atoms with van der Waals surface area (Å²) in [5, 5.41) is 4.57. The van der Waals surface area contributed by atoms with Gasteiger partial charge in [0.2, 0.25) is 11.9 Å². The second kappa shape index (κ2) is 8.22. The molecule has 0 bridgehead atoms. The molecule has 3 amide bonds. The van der Waals surface area contributed by atoms with E-state index in [9.17, 15) is 9.59 Å². The summed E-state index contributed by atoms with van der Waals surface area (Å²) in [6, 6.07) is 8.26. The van der Waals surface area contributed by atoms with E-state index in [1.54, 1.807) is 18.8 Å². The molecule has 32 heavy (non-hydrogen) atoms. The number of rotatable bonds is 5. The van der Waals surface area contributed by atoms with Crippen molar-refractivity contribution in [1.29, 1.82) is 0 Å². The minimum Gasteiger partial charge on any atom is -0.497 e. The molecule has 0 radical (unpaired) electrons. The number of fused-ring (bicyclic) bond motifs is 1. The summed E-state index contributed by atoms with van der Waals surface area (Å²) in [6.07, 6.45) is 0.